The highest BCUT2D eigenvalue weighted by molar-refractivity contribution is 7.98. The van der Waals surface area contributed by atoms with Gasteiger partial charge in [-0.2, -0.15) is 20.5 Å². The van der Waals surface area contributed by atoms with Crippen LogP contribution in [0, 0.1) is 0 Å². The molecule has 0 aliphatic heterocycles. The van der Waals surface area contributed by atoms with E-state index in [4.69, 9.17) is 0 Å². The molecule has 0 unspecified atom stereocenters. The van der Waals surface area contributed by atoms with Crippen molar-refractivity contribution in [3.63, 3.8) is 0 Å². The lowest BCUT2D eigenvalue weighted by Gasteiger charge is -2.15. The minimum absolute atomic E-state index is 0.350. The van der Waals surface area contributed by atoms with Crippen LogP contribution in [0.3, 0.4) is 0 Å². The maximum Gasteiger partial charge on any atom is 0.319 e. The van der Waals surface area contributed by atoms with Crippen molar-refractivity contribution in [2.45, 2.75) is 18.8 Å². The fraction of sp³-hybridized carbons (Fsp3) is 1.00. The molecule has 0 atom stereocenters. The predicted octanol–water partition coefficient (Wildman–Crippen LogP) is 2.23. The molecule has 0 aliphatic carbocycles. The average molecular weight is 219 g/mol. The molecule has 0 aromatic rings. The molecule has 0 radical (unpaired) electrons. The summed E-state index contributed by atoms with van der Waals surface area (Å²) in [5, 5.41) is 2.30. The number of nitrogens with one attached hydrogen (secondary N) is 1. The van der Waals surface area contributed by atoms with Gasteiger partial charge in [0.25, 0.3) is 0 Å². The normalized spacial score (nSPS) is 12.5. The maximum atomic E-state index is 12.2. The Kier molecular flexibility index (Phi) is 6.49. The minimum atomic E-state index is -3.90. The Hall–Kier alpha value is 0.0300. The van der Waals surface area contributed by atoms with Crippen LogP contribution in [0.4, 0.5) is 17.6 Å². The van der Waals surface area contributed by atoms with Gasteiger partial charge in [-0.3, -0.25) is 0 Å². The van der Waals surface area contributed by atoms with Gasteiger partial charge in [-0.25, -0.2) is 8.78 Å². The van der Waals surface area contributed by atoms with E-state index >= 15 is 0 Å². The first-order valence-corrected chi connectivity index (χ1v) is 5.25. The van der Waals surface area contributed by atoms with E-state index in [-0.39, 0.29) is 0 Å². The number of rotatable bonds is 7. The summed E-state index contributed by atoms with van der Waals surface area (Å²) < 4.78 is 47.7. The molecule has 80 valence electrons. The molecule has 0 heterocycles. The second-order valence-corrected chi connectivity index (χ2v) is 3.57. The topological polar surface area (TPSA) is 12.0 Å². The van der Waals surface area contributed by atoms with Gasteiger partial charge in [0.2, 0.25) is 0 Å². The van der Waals surface area contributed by atoms with Gasteiger partial charge in [0, 0.05) is 0 Å². The first-order chi connectivity index (χ1) is 6.00. The molecule has 0 aromatic carbocycles. The Labute approximate surface area is 79.3 Å². The number of halogens is 4. The molecule has 0 spiro atoms. The monoisotopic (exact) mass is 219 g/mol. The molecule has 0 saturated heterocycles. The Morgan fingerprint density at radius 2 is 2.00 bits per heavy atom. The van der Waals surface area contributed by atoms with Gasteiger partial charge in [0.05, 0.1) is 6.54 Å². The van der Waals surface area contributed by atoms with E-state index in [2.05, 4.69) is 5.32 Å². The van der Waals surface area contributed by atoms with Gasteiger partial charge in [0.15, 0.2) is 0 Å². The van der Waals surface area contributed by atoms with E-state index in [1.54, 1.807) is 11.8 Å². The molecule has 1 nitrogen and oxygen atoms in total. The molecular formula is C7H13F4NS. The highest BCUT2D eigenvalue weighted by Gasteiger charge is 2.39. The third-order valence-electron chi connectivity index (χ3n) is 1.38. The standard InChI is InChI=1S/C7H13F4NS/c1-13-4-2-3-12-5-7(10,11)6(8)9/h6,12H,2-5H2,1H3. The molecule has 0 fully saturated rings. The Morgan fingerprint density at radius 3 is 2.46 bits per heavy atom. The van der Waals surface area contributed by atoms with Crippen molar-refractivity contribution < 1.29 is 17.6 Å². The van der Waals surface area contributed by atoms with E-state index in [0.717, 1.165) is 5.75 Å². The molecule has 0 amide bonds. The SMILES string of the molecule is CSCCCNCC(F)(F)C(F)F. The van der Waals surface area contributed by atoms with Crippen molar-refractivity contribution in [3.05, 3.63) is 0 Å². The molecule has 13 heavy (non-hydrogen) atoms. The second-order valence-electron chi connectivity index (χ2n) is 2.58. The van der Waals surface area contributed by atoms with Gasteiger partial charge < -0.3 is 5.32 Å². The van der Waals surface area contributed by atoms with E-state index in [1.165, 1.54) is 0 Å². The van der Waals surface area contributed by atoms with Crippen LogP contribution >= 0.6 is 11.8 Å². The van der Waals surface area contributed by atoms with Gasteiger partial charge in [-0.05, 0) is 25.0 Å². The summed E-state index contributed by atoms with van der Waals surface area (Å²) in [5.74, 6) is -3.06. The zero-order valence-electron chi connectivity index (χ0n) is 7.33. The van der Waals surface area contributed by atoms with Crippen LogP contribution in [-0.2, 0) is 0 Å². The highest BCUT2D eigenvalue weighted by atomic mass is 32.2. The molecule has 1 N–H and O–H groups in total. The second kappa shape index (κ2) is 6.48. The lowest BCUT2D eigenvalue weighted by atomic mass is 10.3. The van der Waals surface area contributed by atoms with Crippen LogP contribution in [0.15, 0.2) is 0 Å². The quantitative estimate of drug-likeness (QED) is 0.520. The lowest BCUT2D eigenvalue weighted by molar-refractivity contribution is -0.125. The molecular weight excluding hydrogens is 206 g/mol. The average Bonchev–Trinajstić information content (AvgIpc) is 2.03. The van der Waals surface area contributed by atoms with Crippen molar-refractivity contribution in [2.24, 2.45) is 0 Å². The van der Waals surface area contributed by atoms with Crippen molar-refractivity contribution >= 4 is 11.8 Å². The highest BCUT2D eigenvalue weighted by Crippen LogP contribution is 2.21. The first-order valence-electron chi connectivity index (χ1n) is 3.86. The number of hydrogen-bond donors (Lipinski definition) is 1. The Balaban J connectivity index is 3.41. The van der Waals surface area contributed by atoms with Crippen molar-refractivity contribution in [3.8, 4) is 0 Å². The van der Waals surface area contributed by atoms with Gasteiger partial charge >= 0.3 is 12.3 Å². The lowest BCUT2D eigenvalue weighted by Crippen LogP contribution is -2.39. The molecule has 6 heteroatoms. The fourth-order valence-corrected chi connectivity index (χ4v) is 1.11. The smallest absolute Gasteiger partial charge is 0.311 e. The van der Waals surface area contributed by atoms with E-state index in [1.807, 2.05) is 6.26 Å². The third-order valence-corrected chi connectivity index (χ3v) is 2.08. The van der Waals surface area contributed by atoms with Crippen LogP contribution in [0.5, 0.6) is 0 Å². The summed E-state index contributed by atoms with van der Waals surface area (Å²) in [6.07, 6.45) is -0.977. The zero-order valence-corrected chi connectivity index (χ0v) is 8.14. The van der Waals surface area contributed by atoms with Gasteiger partial charge in [0.1, 0.15) is 0 Å². The van der Waals surface area contributed by atoms with E-state index in [0.29, 0.717) is 13.0 Å². The van der Waals surface area contributed by atoms with Crippen LogP contribution in [0.2, 0.25) is 0 Å². The van der Waals surface area contributed by atoms with Crippen LogP contribution in [0.1, 0.15) is 6.42 Å². The number of alkyl halides is 4. The number of thioether (sulfide) groups is 1. The Bertz CT molecular complexity index is 132. The van der Waals surface area contributed by atoms with E-state index in [9.17, 15) is 17.6 Å². The first kappa shape index (κ1) is 13.0. The van der Waals surface area contributed by atoms with E-state index < -0.39 is 18.9 Å². The largest absolute Gasteiger partial charge is 0.319 e. The summed E-state index contributed by atoms with van der Waals surface area (Å²) >= 11 is 1.59. The molecule has 0 aromatic heterocycles. The van der Waals surface area contributed by atoms with Crippen molar-refractivity contribution in [2.75, 3.05) is 25.1 Å². The van der Waals surface area contributed by atoms with Crippen LogP contribution in [-0.4, -0.2) is 37.4 Å². The summed E-state index contributed by atoms with van der Waals surface area (Å²) in [4.78, 5) is 0. The summed E-state index contributed by atoms with van der Waals surface area (Å²) in [6, 6.07) is 0. The molecule has 0 aliphatic rings. The summed E-state index contributed by atoms with van der Waals surface area (Å²) in [6.45, 7) is -0.595. The van der Waals surface area contributed by atoms with Crippen LogP contribution < -0.4 is 5.32 Å². The van der Waals surface area contributed by atoms with Crippen molar-refractivity contribution in [1.82, 2.24) is 5.32 Å². The maximum absolute atomic E-state index is 12.2. The summed E-state index contributed by atoms with van der Waals surface area (Å²) in [7, 11) is 0. The molecule has 0 bridgehead atoms. The Morgan fingerprint density at radius 1 is 1.38 bits per heavy atom. The van der Waals surface area contributed by atoms with Gasteiger partial charge in [-0.15, -0.1) is 0 Å². The minimum Gasteiger partial charge on any atom is -0.311 e. The fourth-order valence-electron chi connectivity index (χ4n) is 0.674. The molecule has 0 rings (SSSR count). The summed E-state index contributed by atoms with van der Waals surface area (Å²) in [5.41, 5.74) is 0. The van der Waals surface area contributed by atoms with Crippen LogP contribution in [0.25, 0.3) is 0 Å². The molecule has 0 saturated carbocycles. The predicted molar refractivity (Wildman–Crippen MR) is 46.8 cm³/mol. The zero-order chi connectivity index (χ0) is 10.3. The number of hydrogen-bond acceptors (Lipinski definition) is 2. The van der Waals surface area contributed by atoms with Crippen molar-refractivity contribution in [1.29, 1.82) is 0 Å². The third kappa shape index (κ3) is 6.15. The van der Waals surface area contributed by atoms with Gasteiger partial charge in [-0.1, -0.05) is 0 Å².